The van der Waals surface area contributed by atoms with Gasteiger partial charge in [0.05, 0.1) is 19.4 Å². The molecule has 148 valence electrons. The van der Waals surface area contributed by atoms with Gasteiger partial charge in [0.15, 0.2) is 5.96 Å². The lowest BCUT2D eigenvalue weighted by Crippen LogP contribution is -2.32. The van der Waals surface area contributed by atoms with Crippen LogP contribution in [0.15, 0.2) is 52.1 Å². The van der Waals surface area contributed by atoms with Crippen LogP contribution in [0.1, 0.15) is 35.0 Å². The first-order valence-electron chi connectivity index (χ1n) is 8.70. The molecule has 4 N–H and O–H groups in total. The van der Waals surface area contributed by atoms with Gasteiger partial charge in [0.25, 0.3) is 5.91 Å². The van der Waals surface area contributed by atoms with E-state index < -0.39 is 0 Å². The highest BCUT2D eigenvalue weighted by molar-refractivity contribution is 14.0. The third-order valence-corrected chi connectivity index (χ3v) is 3.60. The molecule has 2 rings (SSSR count). The van der Waals surface area contributed by atoms with Crippen LogP contribution >= 0.6 is 24.0 Å². The maximum Gasteiger partial charge on any atom is 0.251 e. The fourth-order valence-corrected chi connectivity index (χ4v) is 2.26. The van der Waals surface area contributed by atoms with Crippen LogP contribution < -0.4 is 16.4 Å². The molecule has 0 atom stereocenters. The molecule has 0 saturated heterocycles. The second-order valence-corrected chi connectivity index (χ2v) is 5.64. The molecule has 2 aromatic rings. The van der Waals surface area contributed by atoms with E-state index in [1.54, 1.807) is 18.4 Å². The topological polar surface area (TPSA) is 102 Å². The maximum absolute atomic E-state index is 12.2. The molecular weight excluding hydrogens is 459 g/mol. The third kappa shape index (κ3) is 8.91. The fraction of sp³-hybridized carbons (Fsp3) is 0.368. The summed E-state index contributed by atoms with van der Waals surface area (Å²) in [6.07, 6.45) is 2.45. The van der Waals surface area contributed by atoms with Crippen LogP contribution in [0.4, 0.5) is 0 Å². The van der Waals surface area contributed by atoms with Gasteiger partial charge in [-0.2, -0.15) is 0 Å². The highest BCUT2D eigenvalue weighted by atomic mass is 127. The molecule has 0 unspecified atom stereocenters. The van der Waals surface area contributed by atoms with Crippen LogP contribution in [0.2, 0.25) is 0 Å². The number of halogens is 1. The largest absolute Gasteiger partial charge is 0.467 e. The van der Waals surface area contributed by atoms with Gasteiger partial charge in [-0.3, -0.25) is 4.79 Å². The monoisotopic (exact) mass is 486 g/mol. The van der Waals surface area contributed by atoms with Crippen molar-refractivity contribution in [3.8, 4) is 0 Å². The number of nitrogens with zero attached hydrogens (tertiary/aromatic N) is 1. The number of amides is 1. The first kappa shape index (κ1) is 23.0. The zero-order chi connectivity index (χ0) is 18.6. The number of guanidine groups is 1. The van der Waals surface area contributed by atoms with Crippen molar-refractivity contribution in [1.29, 1.82) is 0 Å². The average molecular weight is 486 g/mol. The normalized spacial score (nSPS) is 10.9. The quantitative estimate of drug-likeness (QED) is 0.208. The molecule has 27 heavy (non-hydrogen) atoms. The maximum atomic E-state index is 12.2. The van der Waals surface area contributed by atoms with Crippen molar-refractivity contribution in [3.63, 3.8) is 0 Å². The third-order valence-electron chi connectivity index (χ3n) is 3.60. The molecule has 0 fully saturated rings. The highest BCUT2D eigenvalue weighted by Gasteiger charge is 2.07. The zero-order valence-corrected chi connectivity index (χ0v) is 17.8. The lowest BCUT2D eigenvalue weighted by molar-refractivity contribution is 0.0948. The molecule has 0 spiro atoms. The summed E-state index contributed by atoms with van der Waals surface area (Å²) in [4.78, 5) is 16.5. The van der Waals surface area contributed by atoms with Crippen molar-refractivity contribution in [1.82, 2.24) is 10.6 Å². The van der Waals surface area contributed by atoms with E-state index in [1.165, 1.54) is 0 Å². The van der Waals surface area contributed by atoms with Gasteiger partial charge in [-0.25, -0.2) is 4.99 Å². The Morgan fingerprint density at radius 3 is 2.85 bits per heavy atom. The van der Waals surface area contributed by atoms with Gasteiger partial charge in [-0.1, -0.05) is 12.1 Å². The van der Waals surface area contributed by atoms with Crippen molar-refractivity contribution in [3.05, 3.63) is 59.5 Å². The summed E-state index contributed by atoms with van der Waals surface area (Å²) >= 11 is 0. The summed E-state index contributed by atoms with van der Waals surface area (Å²) in [7, 11) is 0. The van der Waals surface area contributed by atoms with E-state index in [2.05, 4.69) is 15.6 Å². The molecular formula is C19H27IN4O3. The van der Waals surface area contributed by atoms with Crippen molar-refractivity contribution in [2.24, 2.45) is 10.7 Å². The molecule has 1 aromatic heterocycles. The molecule has 0 radical (unpaired) electrons. The number of carbonyl (C=O) groups excluding carboxylic acids is 1. The van der Waals surface area contributed by atoms with Crippen molar-refractivity contribution < 1.29 is 13.9 Å². The number of ether oxygens (including phenoxy) is 1. The van der Waals surface area contributed by atoms with Gasteiger partial charge in [0.1, 0.15) is 5.76 Å². The van der Waals surface area contributed by atoms with Gasteiger partial charge in [0.2, 0.25) is 0 Å². The summed E-state index contributed by atoms with van der Waals surface area (Å²) in [6.45, 7) is 4.86. The Hall–Kier alpha value is -2.07. The Bertz CT molecular complexity index is 705. The predicted molar refractivity (Wildman–Crippen MR) is 116 cm³/mol. The van der Waals surface area contributed by atoms with Crippen molar-refractivity contribution >= 4 is 35.8 Å². The number of benzene rings is 1. The summed E-state index contributed by atoms with van der Waals surface area (Å²) in [5.41, 5.74) is 7.33. The van der Waals surface area contributed by atoms with Gasteiger partial charge < -0.3 is 25.5 Å². The van der Waals surface area contributed by atoms with E-state index in [-0.39, 0.29) is 29.9 Å². The van der Waals surface area contributed by atoms with Gasteiger partial charge >= 0.3 is 0 Å². The number of carbonyl (C=O) groups is 1. The van der Waals surface area contributed by atoms with Crippen molar-refractivity contribution in [2.45, 2.75) is 26.4 Å². The molecule has 8 heteroatoms. The minimum absolute atomic E-state index is 0. The number of nitrogens with two attached hydrogens (primary N) is 1. The second-order valence-electron chi connectivity index (χ2n) is 5.64. The van der Waals surface area contributed by atoms with E-state index in [9.17, 15) is 4.79 Å². The summed E-state index contributed by atoms with van der Waals surface area (Å²) in [6, 6.07) is 10.9. The van der Waals surface area contributed by atoms with Crippen LogP contribution in [0.3, 0.4) is 0 Å². The van der Waals surface area contributed by atoms with E-state index >= 15 is 0 Å². The van der Waals surface area contributed by atoms with Crippen LogP contribution in [-0.2, 0) is 17.8 Å². The van der Waals surface area contributed by atoms with Gasteiger partial charge in [0, 0.05) is 25.3 Å². The average Bonchev–Trinajstić information content (AvgIpc) is 3.18. The molecule has 7 nitrogen and oxygen atoms in total. The molecule has 0 saturated carbocycles. The van der Waals surface area contributed by atoms with E-state index in [4.69, 9.17) is 14.9 Å². The number of hydrogen-bond donors (Lipinski definition) is 3. The number of nitrogens with one attached hydrogen (secondary N) is 2. The molecule has 1 amide bonds. The smallest absolute Gasteiger partial charge is 0.251 e. The van der Waals surface area contributed by atoms with Crippen molar-refractivity contribution in [2.75, 3.05) is 19.8 Å². The van der Waals surface area contributed by atoms with Crippen LogP contribution in [0.5, 0.6) is 0 Å². The SMILES string of the molecule is CCOCCCNC(N)=NCc1cccc(C(=O)NCc2ccco2)c1.I. The Labute approximate surface area is 176 Å². The summed E-state index contributed by atoms with van der Waals surface area (Å²) in [5.74, 6) is 0.936. The minimum Gasteiger partial charge on any atom is -0.467 e. The Balaban J connectivity index is 0.00000364. The molecule has 1 heterocycles. The Morgan fingerprint density at radius 2 is 2.11 bits per heavy atom. The van der Waals surface area contributed by atoms with Gasteiger partial charge in [-0.15, -0.1) is 24.0 Å². The van der Waals surface area contributed by atoms with Crippen LogP contribution in [-0.4, -0.2) is 31.6 Å². The molecule has 0 aliphatic heterocycles. The molecule has 1 aromatic carbocycles. The summed E-state index contributed by atoms with van der Waals surface area (Å²) in [5, 5.41) is 5.86. The van der Waals surface area contributed by atoms with Crippen LogP contribution in [0.25, 0.3) is 0 Å². The number of furan rings is 1. The molecule has 0 aliphatic carbocycles. The van der Waals surface area contributed by atoms with E-state index in [0.29, 0.717) is 43.5 Å². The fourth-order valence-electron chi connectivity index (χ4n) is 2.26. The van der Waals surface area contributed by atoms with Gasteiger partial charge in [-0.05, 0) is 43.2 Å². The Kier molecular flexibility index (Phi) is 11.2. The second kappa shape index (κ2) is 13.2. The van der Waals surface area contributed by atoms with Crippen LogP contribution in [0, 0.1) is 0 Å². The van der Waals surface area contributed by atoms with E-state index in [0.717, 1.165) is 18.6 Å². The van der Waals surface area contributed by atoms with E-state index in [1.807, 2.05) is 31.2 Å². The standard InChI is InChI=1S/C19H26N4O3.HI/c1-2-25-10-5-9-21-19(20)23-13-15-6-3-7-16(12-15)18(24)22-14-17-8-4-11-26-17;/h3-4,6-8,11-12H,2,5,9-10,13-14H2,1H3,(H,22,24)(H3,20,21,23);1H. The lowest BCUT2D eigenvalue weighted by atomic mass is 10.1. The summed E-state index contributed by atoms with van der Waals surface area (Å²) < 4.78 is 10.5. The molecule has 0 bridgehead atoms. The number of hydrogen-bond acceptors (Lipinski definition) is 4. The zero-order valence-electron chi connectivity index (χ0n) is 15.4. The number of aliphatic imine (C=N–C) groups is 1. The lowest BCUT2D eigenvalue weighted by Gasteiger charge is -2.07. The minimum atomic E-state index is -0.158. The number of rotatable bonds is 10. The first-order valence-corrected chi connectivity index (χ1v) is 8.70. The molecule has 0 aliphatic rings. The Morgan fingerprint density at radius 1 is 1.26 bits per heavy atom. The highest BCUT2D eigenvalue weighted by Crippen LogP contribution is 2.07. The predicted octanol–water partition coefficient (Wildman–Crippen LogP) is 2.66. The first-order chi connectivity index (χ1) is 12.7.